The van der Waals surface area contributed by atoms with Crippen LogP contribution in [-0.2, 0) is 0 Å². The molecule has 0 heterocycles. The number of aliphatic hydroxyl groups is 2. The Morgan fingerprint density at radius 2 is 2.06 bits per heavy atom. The maximum absolute atomic E-state index is 11.8. The fraction of sp³-hybridized carbons (Fsp3) is 0.300. The van der Waals surface area contributed by atoms with Gasteiger partial charge in [-0.15, -0.1) is 0 Å². The van der Waals surface area contributed by atoms with Crippen LogP contribution in [0.1, 0.15) is 10.4 Å². The monoisotopic (exact) mass is 572 g/mol. The molecule has 0 spiro atoms. The van der Waals surface area contributed by atoms with Crippen LogP contribution in [0.25, 0.3) is 0 Å². The summed E-state index contributed by atoms with van der Waals surface area (Å²) >= 11 is 6.45. The molecule has 0 fully saturated rings. The molecule has 4 nitrogen and oxygen atoms in total. The number of carbonyl (C=O) groups excluding carboxylic acids is 1. The van der Waals surface area contributed by atoms with Gasteiger partial charge in [0.1, 0.15) is 0 Å². The van der Waals surface area contributed by atoms with Gasteiger partial charge >= 0.3 is 0 Å². The topological polar surface area (TPSA) is 69.6 Å². The van der Waals surface area contributed by atoms with Crippen LogP contribution in [0.5, 0.6) is 0 Å². The molecule has 0 saturated heterocycles. The third kappa shape index (κ3) is 4.44. The van der Waals surface area contributed by atoms with Gasteiger partial charge in [0.05, 0.1) is 18.3 Å². The van der Waals surface area contributed by atoms with Gasteiger partial charge in [-0.3, -0.25) is 4.79 Å². The van der Waals surface area contributed by atoms with Gasteiger partial charge in [0, 0.05) is 17.3 Å². The summed E-state index contributed by atoms with van der Waals surface area (Å²) in [5.41, 5.74) is 0.459. The molecule has 93 valence electrons. The zero-order valence-electron chi connectivity index (χ0n) is 8.51. The number of nitrogens with one attached hydrogen (secondary N) is 1. The van der Waals surface area contributed by atoms with Crippen molar-refractivity contribution in [2.24, 2.45) is 0 Å². The highest BCUT2D eigenvalue weighted by molar-refractivity contribution is 14.1. The van der Waals surface area contributed by atoms with E-state index in [1.54, 1.807) is 6.07 Å². The smallest absolute Gasteiger partial charge is 0.253 e. The second-order valence-corrected chi connectivity index (χ2v) is 6.51. The number of benzene rings is 1. The molecule has 1 rings (SSSR count). The van der Waals surface area contributed by atoms with Crippen LogP contribution in [0.4, 0.5) is 0 Å². The van der Waals surface area contributed by atoms with Crippen LogP contribution in [0.2, 0.25) is 0 Å². The van der Waals surface area contributed by atoms with Gasteiger partial charge in [-0.25, -0.2) is 0 Å². The maximum atomic E-state index is 11.8. The number of hydrogen-bond acceptors (Lipinski definition) is 3. The molecular formula is C10H9I3NO3. The lowest BCUT2D eigenvalue weighted by Crippen LogP contribution is -2.34. The number of aliphatic hydroxyl groups excluding tert-OH is 2. The predicted octanol–water partition coefficient (Wildman–Crippen LogP) is 1.38. The predicted molar refractivity (Wildman–Crippen MR) is 88.9 cm³/mol. The van der Waals surface area contributed by atoms with Crippen LogP contribution in [0.3, 0.4) is 0 Å². The van der Waals surface area contributed by atoms with Crippen molar-refractivity contribution < 1.29 is 15.0 Å². The molecule has 0 aromatic heterocycles. The van der Waals surface area contributed by atoms with E-state index in [1.165, 1.54) is 0 Å². The molecule has 7 heteroatoms. The third-order valence-electron chi connectivity index (χ3n) is 1.90. The highest BCUT2D eigenvalue weighted by Gasteiger charge is 2.15. The van der Waals surface area contributed by atoms with Gasteiger partial charge in [-0.05, 0) is 79.9 Å². The van der Waals surface area contributed by atoms with E-state index in [9.17, 15) is 4.79 Å². The first kappa shape index (κ1) is 15.9. The van der Waals surface area contributed by atoms with Crippen molar-refractivity contribution in [3.63, 3.8) is 0 Å². The third-order valence-corrected chi connectivity index (χ3v) is 7.02. The number of hydrogen-bond donors (Lipinski definition) is 3. The molecule has 0 bridgehead atoms. The Morgan fingerprint density at radius 1 is 1.41 bits per heavy atom. The van der Waals surface area contributed by atoms with Crippen molar-refractivity contribution in [2.45, 2.75) is 6.10 Å². The van der Waals surface area contributed by atoms with Crippen molar-refractivity contribution in [3.05, 3.63) is 28.4 Å². The summed E-state index contributed by atoms with van der Waals surface area (Å²) in [6.45, 7) is -0.340. The van der Waals surface area contributed by atoms with Crippen molar-refractivity contribution >= 4 is 73.7 Å². The SMILES string of the molecule is O=C(NCC(O)CO)c1[c]cc(I)c(I)c1I. The first-order chi connectivity index (χ1) is 7.97. The molecular weight excluding hydrogens is 563 g/mol. The van der Waals surface area contributed by atoms with Crippen LogP contribution in [-0.4, -0.2) is 35.4 Å². The van der Waals surface area contributed by atoms with Crippen molar-refractivity contribution in [1.82, 2.24) is 5.32 Å². The molecule has 0 aliphatic carbocycles. The van der Waals surface area contributed by atoms with E-state index in [-0.39, 0.29) is 19.1 Å². The first-order valence-electron chi connectivity index (χ1n) is 4.59. The second kappa shape index (κ2) is 7.40. The van der Waals surface area contributed by atoms with E-state index in [4.69, 9.17) is 10.2 Å². The van der Waals surface area contributed by atoms with Crippen LogP contribution >= 0.6 is 67.8 Å². The summed E-state index contributed by atoms with van der Waals surface area (Å²) in [7, 11) is 0. The average Bonchev–Trinajstić information content (AvgIpc) is 2.32. The summed E-state index contributed by atoms with van der Waals surface area (Å²) < 4.78 is 2.89. The maximum Gasteiger partial charge on any atom is 0.253 e. The van der Waals surface area contributed by atoms with Crippen molar-refractivity contribution in [3.8, 4) is 0 Å². The minimum atomic E-state index is -0.931. The lowest BCUT2D eigenvalue weighted by atomic mass is 10.2. The lowest BCUT2D eigenvalue weighted by Gasteiger charge is -2.11. The zero-order chi connectivity index (χ0) is 13.0. The normalized spacial score (nSPS) is 12.3. The van der Waals surface area contributed by atoms with Crippen molar-refractivity contribution in [2.75, 3.05) is 13.2 Å². The Balaban J connectivity index is 2.80. The second-order valence-electron chi connectivity index (χ2n) is 3.19. The molecule has 1 unspecified atom stereocenters. The molecule has 0 aliphatic heterocycles. The summed E-state index contributed by atoms with van der Waals surface area (Å²) in [4.78, 5) is 11.8. The molecule has 0 aliphatic rings. The van der Waals surface area contributed by atoms with Crippen LogP contribution in [0.15, 0.2) is 6.07 Å². The molecule has 3 N–H and O–H groups in total. The van der Waals surface area contributed by atoms with E-state index >= 15 is 0 Å². The Hall–Kier alpha value is 0.800. The Morgan fingerprint density at radius 3 is 2.65 bits per heavy atom. The fourth-order valence-electron chi connectivity index (χ4n) is 1.01. The Kier molecular flexibility index (Phi) is 6.91. The molecule has 17 heavy (non-hydrogen) atoms. The first-order valence-corrected chi connectivity index (χ1v) is 7.83. The summed E-state index contributed by atoms with van der Waals surface area (Å²) in [5.74, 6) is -0.295. The van der Waals surface area contributed by atoms with E-state index < -0.39 is 6.10 Å². The van der Waals surface area contributed by atoms with E-state index in [2.05, 4.69) is 79.2 Å². The highest BCUT2D eigenvalue weighted by atomic mass is 127. The number of halogens is 3. The fourth-order valence-corrected chi connectivity index (χ4v) is 3.06. The highest BCUT2D eigenvalue weighted by Crippen LogP contribution is 2.24. The minimum Gasteiger partial charge on any atom is -0.394 e. The van der Waals surface area contributed by atoms with E-state index in [0.29, 0.717) is 5.56 Å². The number of rotatable bonds is 4. The van der Waals surface area contributed by atoms with Gasteiger partial charge in [0.15, 0.2) is 0 Å². The number of amides is 1. The molecule has 1 radical (unpaired) electrons. The van der Waals surface area contributed by atoms with Gasteiger partial charge in [-0.1, -0.05) is 0 Å². The summed E-state index contributed by atoms with van der Waals surface area (Å²) in [5, 5.41) is 20.3. The molecule has 1 atom stereocenters. The Labute approximate surface area is 140 Å². The lowest BCUT2D eigenvalue weighted by molar-refractivity contribution is 0.0801. The molecule has 0 saturated carbocycles. The van der Waals surface area contributed by atoms with Gasteiger partial charge in [0.2, 0.25) is 0 Å². The minimum absolute atomic E-state index is 0.0296. The quantitative estimate of drug-likeness (QED) is 0.378. The Bertz CT molecular complexity index is 426. The van der Waals surface area contributed by atoms with E-state index in [1.807, 2.05) is 0 Å². The molecule has 1 aromatic carbocycles. The van der Waals surface area contributed by atoms with Gasteiger partial charge in [0.25, 0.3) is 5.91 Å². The van der Waals surface area contributed by atoms with Gasteiger partial charge in [-0.2, -0.15) is 0 Å². The van der Waals surface area contributed by atoms with Crippen LogP contribution < -0.4 is 5.32 Å². The largest absolute Gasteiger partial charge is 0.394 e. The van der Waals surface area contributed by atoms with Crippen LogP contribution in [0, 0.1) is 16.8 Å². The molecule has 1 aromatic rings. The zero-order valence-corrected chi connectivity index (χ0v) is 15.0. The standard InChI is InChI=1S/C10H9I3NO3/c11-7-2-1-6(8(12)9(7)13)10(17)14-3-5(16)4-15/h2,5,15-16H,3-4H2,(H,14,17). The summed E-state index contributed by atoms with van der Waals surface area (Å²) in [6.07, 6.45) is -0.931. The molecule has 1 amide bonds. The summed E-state index contributed by atoms with van der Waals surface area (Å²) in [6, 6.07) is 4.66. The van der Waals surface area contributed by atoms with E-state index in [0.717, 1.165) is 10.7 Å². The average molecular weight is 572 g/mol. The number of carbonyl (C=O) groups is 1. The van der Waals surface area contributed by atoms with Crippen molar-refractivity contribution in [1.29, 1.82) is 0 Å². The van der Waals surface area contributed by atoms with Gasteiger partial charge < -0.3 is 15.5 Å².